The highest BCUT2D eigenvalue weighted by Crippen LogP contribution is 2.42. The maximum atomic E-state index is 10.9. The Morgan fingerprint density at radius 1 is 1.14 bits per heavy atom. The molecule has 0 aromatic heterocycles. The van der Waals surface area contributed by atoms with Gasteiger partial charge < -0.3 is 14.6 Å². The lowest BCUT2D eigenvalue weighted by atomic mass is 9.76. The summed E-state index contributed by atoms with van der Waals surface area (Å²) in [5.74, 6) is 0.289. The third-order valence-electron chi connectivity index (χ3n) is 5.22. The summed E-state index contributed by atoms with van der Waals surface area (Å²) < 4.78 is 11.6. The topological polar surface area (TPSA) is 38.7 Å². The second-order valence-electron chi connectivity index (χ2n) is 6.65. The molecule has 3 nitrogen and oxygen atoms in total. The van der Waals surface area contributed by atoms with Crippen molar-refractivity contribution in [3.05, 3.63) is 34.9 Å². The highest BCUT2D eigenvalue weighted by atomic mass is 16.5. The zero-order valence-corrected chi connectivity index (χ0v) is 13.1. The average Bonchev–Trinajstić information content (AvgIpc) is 2.48. The Kier molecular flexibility index (Phi) is 4.34. The van der Waals surface area contributed by atoms with E-state index in [1.165, 1.54) is 11.1 Å². The standard InChI is InChI=1S/C18H26O3/c1-13-4-3-5-14(2)16(13)17(19)15-6-9-21-18(12-15)7-10-20-11-8-18/h3-5,15,17,19H,6-12H2,1-2H3. The van der Waals surface area contributed by atoms with Gasteiger partial charge in [0, 0.05) is 19.8 Å². The molecule has 0 saturated carbocycles. The van der Waals surface area contributed by atoms with E-state index in [1.54, 1.807) is 0 Å². The molecule has 2 saturated heterocycles. The van der Waals surface area contributed by atoms with Crippen molar-refractivity contribution in [3.63, 3.8) is 0 Å². The lowest BCUT2D eigenvalue weighted by Crippen LogP contribution is -2.45. The van der Waals surface area contributed by atoms with Crippen LogP contribution >= 0.6 is 0 Å². The van der Waals surface area contributed by atoms with E-state index in [-0.39, 0.29) is 17.6 Å². The lowest BCUT2D eigenvalue weighted by Gasteiger charge is -2.44. The smallest absolute Gasteiger partial charge is 0.0825 e. The quantitative estimate of drug-likeness (QED) is 0.908. The molecule has 3 heteroatoms. The van der Waals surface area contributed by atoms with Gasteiger partial charge in [-0.3, -0.25) is 0 Å². The molecule has 0 amide bonds. The fourth-order valence-electron chi connectivity index (χ4n) is 3.96. The van der Waals surface area contributed by atoms with E-state index in [2.05, 4.69) is 32.0 Å². The van der Waals surface area contributed by atoms with Crippen LogP contribution in [-0.2, 0) is 9.47 Å². The van der Waals surface area contributed by atoms with Gasteiger partial charge in [0.25, 0.3) is 0 Å². The van der Waals surface area contributed by atoms with E-state index in [1.807, 2.05) is 0 Å². The Morgan fingerprint density at radius 2 is 1.81 bits per heavy atom. The van der Waals surface area contributed by atoms with Gasteiger partial charge in [0.05, 0.1) is 11.7 Å². The Labute approximate surface area is 127 Å². The van der Waals surface area contributed by atoms with Crippen molar-refractivity contribution in [2.45, 2.75) is 51.2 Å². The molecule has 0 bridgehead atoms. The van der Waals surface area contributed by atoms with Gasteiger partial charge in [0.1, 0.15) is 0 Å². The summed E-state index contributed by atoms with van der Waals surface area (Å²) in [5.41, 5.74) is 3.44. The van der Waals surface area contributed by atoms with E-state index in [0.29, 0.717) is 0 Å². The molecule has 2 heterocycles. The van der Waals surface area contributed by atoms with Gasteiger partial charge >= 0.3 is 0 Å². The van der Waals surface area contributed by atoms with E-state index in [0.717, 1.165) is 51.1 Å². The van der Waals surface area contributed by atoms with Crippen LogP contribution in [0, 0.1) is 19.8 Å². The predicted molar refractivity (Wildman–Crippen MR) is 82.3 cm³/mol. The monoisotopic (exact) mass is 290 g/mol. The summed E-state index contributed by atoms with van der Waals surface area (Å²) in [5, 5.41) is 10.9. The maximum absolute atomic E-state index is 10.9. The van der Waals surface area contributed by atoms with Crippen LogP contribution in [0.2, 0.25) is 0 Å². The number of aryl methyl sites for hydroxylation is 2. The molecule has 2 aliphatic rings. The Balaban J connectivity index is 1.79. The fourth-order valence-corrected chi connectivity index (χ4v) is 3.96. The Morgan fingerprint density at radius 3 is 2.48 bits per heavy atom. The number of hydrogen-bond donors (Lipinski definition) is 1. The van der Waals surface area contributed by atoms with Crippen molar-refractivity contribution in [2.24, 2.45) is 5.92 Å². The number of hydrogen-bond acceptors (Lipinski definition) is 3. The summed E-state index contributed by atoms with van der Waals surface area (Å²) in [7, 11) is 0. The van der Waals surface area contributed by atoms with Crippen LogP contribution < -0.4 is 0 Å². The molecule has 21 heavy (non-hydrogen) atoms. The molecular weight excluding hydrogens is 264 g/mol. The molecule has 0 aliphatic carbocycles. The predicted octanol–water partition coefficient (Wildman–Crippen LogP) is 3.31. The molecule has 2 atom stereocenters. The van der Waals surface area contributed by atoms with Crippen LogP contribution in [0.25, 0.3) is 0 Å². The van der Waals surface area contributed by atoms with Crippen molar-refractivity contribution in [3.8, 4) is 0 Å². The zero-order valence-electron chi connectivity index (χ0n) is 13.1. The first-order valence-corrected chi connectivity index (χ1v) is 8.07. The summed E-state index contributed by atoms with van der Waals surface area (Å²) in [6.07, 6.45) is 3.43. The van der Waals surface area contributed by atoms with Crippen molar-refractivity contribution < 1.29 is 14.6 Å². The molecule has 116 valence electrons. The van der Waals surface area contributed by atoms with Gasteiger partial charge in [-0.15, -0.1) is 0 Å². The third kappa shape index (κ3) is 3.01. The minimum Gasteiger partial charge on any atom is -0.388 e. The average molecular weight is 290 g/mol. The van der Waals surface area contributed by atoms with Crippen LogP contribution in [0.5, 0.6) is 0 Å². The Hall–Kier alpha value is -0.900. The van der Waals surface area contributed by atoms with Gasteiger partial charge in [-0.05, 0) is 62.1 Å². The fraction of sp³-hybridized carbons (Fsp3) is 0.667. The zero-order chi connectivity index (χ0) is 14.9. The SMILES string of the molecule is Cc1cccc(C)c1C(O)C1CCOC2(CCOCC2)C1. The number of rotatable bonds is 2. The van der Waals surface area contributed by atoms with Crippen LogP contribution in [0.3, 0.4) is 0 Å². The van der Waals surface area contributed by atoms with Crippen LogP contribution in [0.15, 0.2) is 18.2 Å². The van der Waals surface area contributed by atoms with Crippen LogP contribution in [-0.4, -0.2) is 30.5 Å². The first kappa shape index (κ1) is 15.0. The van der Waals surface area contributed by atoms with E-state index in [4.69, 9.17) is 9.47 Å². The first-order chi connectivity index (χ1) is 10.1. The molecule has 2 fully saturated rings. The van der Waals surface area contributed by atoms with Crippen molar-refractivity contribution >= 4 is 0 Å². The number of aliphatic hydroxyl groups is 1. The van der Waals surface area contributed by atoms with Crippen LogP contribution in [0.4, 0.5) is 0 Å². The molecule has 0 radical (unpaired) electrons. The van der Waals surface area contributed by atoms with Crippen molar-refractivity contribution in [1.82, 2.24) is 0 Å². The van der Waals surface area contributed by atoms with Gasteiger partial charge in [-0.1, -0.05) is 18.2 Å². The number of ether oxygens (including phenoxy) is 2. The Bertz CT molecular complexity index is 465. The van der Waals surface area contributed by atoms with E-state index < -0.39 is 0 Å². The molecule has 2 aliphatic heterocycles. The van der Waals surface area contributed by atoms with Gasteiger partial charge in [-0.25, -0.2) is 0 Å². The van der Waals surface area contributed by atoms with Gasteiger partial charge in [-0.2, -0.15) is 0 Å². The summed E-state index contributed by atoms with van der Waals surface area (Å²) in [6.45, 7) is 6.51. The highest BCUT2D eigenvalue weighted by Gasteiger charge is 2.41. The number of aliphatic hydroxyl groups excluding tert-OH is 1. The summed E-state index contributed by atoms with van der Waals surface area (Å²) in [4.78, 5) is 0. The normalized spacial score (nSPS) is 26.7. The molecule has 1 aromatic rings. The minimum absolute atomic E-state index is 0.0568. The molecule has 2 unspecified atom stereocenters. The van der Waals surface area contributed by atoms with Gasteiger partial charge in [0.2, 0.25) is 0 Å². The van der Waals surface area contributed by atoms with Crippen LogP contribution in [0.1, 0.15) is 48.5 Å². The second kappa shape index (κ2) is 6.07. The molecule has 1 aromatic carbocycles. The van der Waals surface area contributed by atoms with E-state index in [9.17, 15) is 5.11 Å². The molecule has 3 rings (SSSR count). The largest absolute Gasteiger partial charge is 0.388 e. The highest BCUT2D eigenvalue weighted by molar-refractivity contribution is 5.35. The third-order valence-corrected chi connectivity index (χ3v) is 5.22. The molecular formula is C18H26O3. The van der Waals surface area contributed by atoms with Crippen molar-refractivity contribution in [1.29, 1.82) is 0 Å². The van der Waals surface area contributed by atoms with Gasteiger partial charge in [0.15, 0.2) is 0 Å². The van der Waals surface area contributed by atoms with E-state index >= 15 is 0 Å². The second-order valence-corrected chi connectivity index (χ2v) is 6.65. The summed E-state index contributed by atoms with van der Waals surface area (Å²) >= 11 is 0. The molecule has 1 spiro atoms. The van der Waals surface area contributed by atoms with Crippen molar-refractivity contribution in [2.75, 3.05) is 19.8 Å². The molecule has 1 N–H and O–H groups in total. The number of benzene rings is 1. The maximum Gasteiger partial charge on any atom is 0.0825 e. The summed E-state index contributed by atoms with van der Waals surface area (Å²) in [6, 6.07) is 6.25. The lowest BCUT2D eigenvalue weighted by molar-refractivity contribution is -0.159. The minimum atomic E-state index is -0.380. The first-order valence-electron chi connectivity index (χ1n) is 8.07.